The maximum atomic E-state index is 5.37. The molecule has 1 aliphatic rings. The van der Waals surface area contributed by atoms with Crippen molar-refractivity contribution < 1.29 is 4.74 Å². The van der Waals surface area contributed by atoms with E-state index in [-0.39, 0.29) is 0 Å². The fourth-order valence-electron chi connectivity index (χ4n) is 2.13. The number of rotatable bonds is 4. The van der Waals surface area contributed by atoms with E-state index in [0.717, 1.165) is 25.7 Å². The third-order valence-electron chi connectivity index (χ3n) is 3.25. The Morgan fingerprint density at radius 2 is 2.33 bits per heavy atom. The molecule has 1 aromatic heterocycles. The molecule has 2 N–H and O–H groups in total. The predicted molar refractivity (Wildman–Crippen MR) is 60.6 cm³/mol. The highest BCUT2D eigenvalue weighted by molar-refractivity contribution is 5.03. The largest absolute Gasteiger partial charge is 0.381 e. The van der Waals surface area contributed by atoms with Crippen molar-refractivity contribution in [3.05, 3.63) is 24.0 Å². The second-order valence-corrected chi connectivity index (χ2v) is 4.31. The van der Waals surface area contributed by atoms with Crippen LogP contribution in [0.2, 0.25) is 0 Å². The average molecular weight is 208 g/mol. The van der Waals surface area contributed by atoms with Crippen molar-refractivity contribution in [1.82, 2.24) is 10.3 Å². The lowest BCUT2D eigenvalue weighted by Crippen LogP contribution is -2.36. The lowest BCUT2D eigenvalue weighted by atomic mass is 9.93. The van der Waals surface area contributed by atoms with Crippen LogP contribution in [0.25, 0.3) is 0 Å². The molecular formula is C12H20N2O. The summed E-state index contributed by atoms with van der Waals surface area (Å²) in [5.74, 6) is 0.772. The van der Waals surface area contributed by atoms with Gasteiger partial charge in [-0.15, -0.1) is 0 Å². The molecular weight excluding hydrogens is 188 g/mol. The first-order valence-corrected chi connectivity index (χ1v) is 5.79. The van der Waals surface area contributed by atoms with Gasteiger partial charge in [0, 0.05) is 37.7 Å². The van der Waals surface area contributed by atoms with Crippen molar-refractivity contribution in [2.75, 3.05) is 13.2 Å². The van der Waals surface area contributed by atoms with Crippen molar-refractivity contribution in [3.63, 3.8) is 0 Å². The molecule has 2 rings (SSSR count). The molecule has 3 nitrogen and oxygen atoms in total. The molecule has 0 radical (unpaired) electrons. The Bertz CT molecular complexity index is 265. The van der Waals surface area contributed by atoms with Gasteiger partial charge in [0.2, 0.25) is 0 Å². The molecule has 84 valence electrons. The van der Waals surface area contributed by atoms with E-state index < -0.39 is 0 Å². The van der Waals surface area contributed by atoms with Crippen molar-refractivity contribution in [2.24, 2.45) is 5.92 Å². The molecule has 1 saturated heterocycles. The first-order chi connectivity index (χ1) is 7.36. The molecule has 0 saturated carbocycles. The van der Waals surface area contributed by atoms with Gasteiger partial charge in [-0.05, 0) is 37.8 Å². The highest BCUT2D eigenvalue weighted by Crippen LogP contribution is 2.18. The van der Waals surface area contributed by atoms with Crippen LogP contribution in [-0.2, 0) is 11.3 Å². The predicted octanol–water partition coefficient (Wildman–Crippen LogP) is 1.92. The van der Waals surface area contributed by atoms with Gasteiger partial charge in [-0.25, -0.2) is 0 Å². The van der Waals surface area contributed by atoms with Crippen LogP contribution >= 0.6 is 0 Å². The Morgan fingerprint density at radius 1 is 1.53 bits per heavy atom. The minimum absolute atomic E-state index is 0.581. The van der Waals surface area contributed by atoms with Gasteiger partial charge in [-0.2, -0.15) is 0 Å². The highest BCUT2D eigenvalue weighted by Gasteiger charge is 2.19. The number of nitrogens with one attached hydrogen (secondary N) is 2. The molecule has 0 amide bonds. The van der Waals surface area contributed by atoms with Gasteiger partial charge in [0.05, 0.1) is 0 Å². The Balaban J connectivity index is 1.74. The van der Waals surface area contributed by atoms with Crippen LogP contribution in [0, 0.1) is 5.92 Å². The summed E-state index contributed by atoms with van der Waals surface area (Å²) in [6.07, 6.45) is 4.36. The number of hydrogen-bond donors (Lipinski definition) is 2. The van der Waals surface area contributed by atoms with Crippen LogP contribution in [0.4, 0.5) is 0 Å². The van der Waals surface area contributed by atoms with E-state index in [4.69, 9.17) is 4.74 Å². The molecule has 3 heteroatoms. The molecule has 0 bridgehead atoms. The molecule has 1 aliphatic heterocycles. The van der Waals surface area contributed by atoms with Crippen molar-refractivity contribution >= 4 is 0 Å². The third kappa shape index (κ3) is 3.08. The Kier molecular flexibility index (Phi) is 3.80. The van der Waals surface area contributed by atoms with Crippen LogP contribution in [0.3, 0.4) is 0 Å². The molecule has 0 spiro atoms. The second-order valence-electron chi connectivity index (χ2n) is 4.31. The third-order valence-corrected chi connectivity index (χ3v) is 3.25. The summed E-state index contributed by atoms with van der Waals surface area (Å²) in [6.45, 7) is 5.07. The monoisotopic (exact) mass is 208 g/mol. The lowest BCUT2D eigenvalue weighted by Gasteiger charge is -2.28. The van der Waals surface area contributed by atoms with E-state index in [9.17, 15) is 0 Å². The fourth-order valence-corrected chi connectivity index (χ4v) is 2.13. The smallest absolute Gasteiger partial charge is 0.0469 e. The number of ether oxygens (including phenoxy) is 1. The van der Waals surface area contributed by atoms with Crippen molar-refractivity contribution in [2.45, 2.75) is 32.4 Å². The topological polar surface area (TPSA) is 37.0 Å². The Labute approximate surface area is 91.2 Å². The van der Waals surface area contributed by atoms with Gasteiger partial charge >= 0.3 is 0 Å². The van der Waals surface area contributed by atoms with Gasteiger partial charge in [0.15, 0.2) is 0 Å². The molecule has 1 aromatic rings. The van der Waals surface area contributed by atoms with E-state index in [0.29, 0.717) is 6.04 Å². The number of aromatic nitrogens is 1. The fraction of sp³-hybridized carbons (Fsp3) is 0.667. The minimum Gasteiger partial charge on any atom is -0.381 e. The molecule has 0 aliphatic carbocycles. The summed E-state index contributed by atoms with van der Waals surface area (Å²) in [5.41, 5.74) is 1.26. The van der Waals surface area contributed by atoms with Gasteiger partial charge < -0.3 is 15.0 Å². The van der Waals surface area contributed by atoms with E-state index in [1.54, 1.807) is 0 Å². The zero-order valence-corrected chi connectivity index (χ0v) is 9.33. The van der Waals surface area contributed by atoms with Gasteiger partial charge in [-0.1, -0.05) is 0 Å². The van der Waals surface area contributed by atoms with Crippen LogP contribution in [0.5, 0.6) is 0 Å². The SMILES string of the molecule is CC(NCc1ccc[nH]1)C1CCOCC1. The first kappa shape index (κ1) is 10.7. The number of aromatic amines is 1. The lowest BCUT2D eigenvalue weighted by molar-refractivity contribution is 0.0557. The van der Waals surface area contributed by atoms with Crippen molar-refractivity contribution in [3.8, 4) is 0 Å². The summed E-state index contributed by atoms with van der Waals surface area (Å²) in [4.78, 5) is 3.21. The molecule has 15 heavy (non-hydrogen) atoms. The molecule has 0 aromatic carbocycles. The highest BCUT2D eigenvalue weighted by atomic mass is 16.5. The van der Waals surface area contributed by atoms with Crippen LogP contribution in [0.1, 0.15) is 25.5 Å². The van der Waals surface area contributed by atoms with E-state index in [1.807, 2.05) is 12.3 Å². The van der Waals surface area contributed by atoms with E-state index in [1.165, 1.54) is 18.5 Å². The second kappa shape index (κ2) is 5.33. The van der Waals surface area contributed by atoms with E-state index in [2.05, 4.69) is 23.3 Å². The average Bonchev–Trinajstić information content (AvgIpc) is 2.80. The summed E-state index contributed by atoms with van der Waals surface area (Å²) in [5, 5.41) is 3.57. The van der Waals surface area contributed by atoms with Gasteiger partial charge in [0.1, 0.15) is 0 Å². The minimum atomic E-state index is 0.581. The normalized spacial score (nSPS) is 20.3. The standard InChI is InChI=1S/C12H20N2O/c1-10(11-4-7-15-8-5-11)14-9-12-3-2-6-13-12/h2-3,6,10-11,13-14H,4-5,7-9H2,1H3. The summed E-state index contributed by atoms with van der Waals surface area (Å²) < 4.78 is 5.37. The number of H-pyrrole nitrogens is 1. The summed E-state index contributed by atoms with van der Waals surface area (Å²) >= 11 is 0. The maximum absolute atomic E-state index is 5.37. The zero-order chi connectivity index (χ0) is 10.5. The van der Waals surface area contributed by atoms with Crippen molar-refractivity contribution in [1.29, 1.82) is 0 Å². The van der Waals surface area contributed by atoms with Crippen LogP contribution < -0.4 is 5.32 Å². The number of hydrogen-bond acceptors (Lipinski definition) is 2. The Hall–Kier alpha value is -0.800. The van der Waals surface area contributed by atoms with E-state index >= 15 is 0 Å². The van der Waals surface area contributed by atoms with Gasteiger partial charge in [-0.3, -0.25) is 0 Å². The van der Waals surface area contributed by atoms with Crippen LogP contribution in [-0.4, -0.2) is 24.2 Å². The molecule has 2 heterocycles. The summed E-state index contributed by atoms with van der Waals surface area (Å²) in [7, 11) is 0. The molecule has 1 atom stereocenters. The quantitative estimate of drug-likeness (QED) is 0.793. The Morgan fingerprint density at radius 3 is 3.00 bits per heavy atom. The zero-order valence-electron chi connectivity index (χ0n) is 9.33. The first-order valence-electron chi connectivity index (χ1n) is 5.79. The van der Waals surface area contributed by atoms with Crippen LogP contribution in [0.15, 0.2) is 18.3 Å². The maximum Gasteiger partial charge on any atom is 0.0469 e. The molecule has 1 fully saturated rings. The summed E-state index contributed by atoms with van der Waals surface area (Å²) in [6, 6.07) is 4.73. The van der Waals surface area contributed by atoms with Gasteiger partial charge in [0.25, 0.3) is 0 Å². The molecule has 1 unspecified atom stereocenters.